The van der Waals surface area contributed by atoms with Gasteiger partial charge in [0.25, 0.3) is 0 Å². The predicted molar refractivity (Wildman–Crippen MR) is 107 cm³/mol. The quantitative estimate of drug-likeness (QED) is 0.311. The highest BCUT2D eigenvalue weighted by Crippen LogP contribution is 2.10. The van der Waals surface area contributed by atoms with E-state index in [0.717, 1.165) is 37.1 Å². The summed E-state index contributed by atoms with van der Waals surface area (Å²) in [6, 6.07) is 10.4. The number of hydrogen-bond donors (Lipinski definition) is 2. The number of benzene rings is 1. The van der Waals surface area contributed by atoms with E-state index in [-0.39, 0.29) is 0 Å². The molecule has 2 N–H and O–H groups in total. The number of anilines is 1. The molecule has 0 aliphatic carbocycles. The standard InChI is InChI=1S/C19H29N7/c1-5-12-20-19(22-15-18-24-23-16(2)26(18)4)21-13-9-14-25(3)17-10-7-6-8-11-17/h5-8,10-11H,1,9,12-15H2,2-4H3,(H2,20,21,22). The van der Waals surface area contributed by atoms with E-state index in [9.17, 15) is 0 Å². The Hall–Kier alpha value is -2.83. The SMILES string of the molecule is C=CCNC(=NCc1nnc(C)n1C)NCCCN(C)c1ccccc1. The van der Waals surface area contributed by atoms with Crippen LogP contribution in [0, 0.1) is 6.92 Å². The Morgan fingerprint density at radius 1 is 1.27 bits per heavy atom. The highest BCUT2D eigenvalue weighted by molar-refractivity contribution is 5.79. The number of nitrogens with zero attached hydrogens (tertiary/aromatic N) is 5. The Kier molecular flexibility index (Phi) is 7.67. The van der Waals surface area contributed by atoms with Crippen LogP contribution in [0.15, 0.2) is 48.0 Å². The van der Waals surface area contributed by atoms with Crippen LogP contribution >= 0.6 is 0 Å². The number of hydrogen-bond acceptors (Lipinski definition) is 4. The van der Waals surface area contributed by atoms with Gasteiger partial charge in [0.1, 0.15) is 12.4 Å². The van der Waals surface area contributed by atoms with E-state index in [4.69, 9.17) is 0 Å². The van der Waals surface area contributed by atoms with E-state index in [2.05, 4.69) is 68.6 Å². The first kappa shape index (κ1) is 19.5. The monoisotopic (exact) mass is 355 g/mol. The second-order valence-electron chi connectivity index (χ2n) is 6.09. The van der Waals surface area contributed by atoms with Gasteiger partial charge in [-0.1, -0.05) is 24.3 Å². The Morgan fingerprint density at radius 2 is 2.04 bits per heavy atom. The van der Waals surface area contributed by atoms with Crippen LogP contribution in [-0.2, 0) is 13.6 Å². The molecular formula is C19H29N7. The van der Waals surface area contributed by atoms with Crippen LogP contribution in [-0.4, -0.2) is 47.4 Å². The zero-order valence-electron chi connectivity index (χ0n) is 15.9. The van der Waals surface area contributed by atoms with E-state index in [1.54, 1.807) is 0 Å². The molecule has 0 aliphatic rings. The third kappa shape index (κ3) is 5.91. The normalized spacial score (nSPS) is 11.3. The highest BCUT2D eigenvalue weighted by Gasteiger charge is 2.05. The van der Waals surface area contributed by atoms with Gasteiger partial charge in [0.2, 0.25) is 0 Å². The molecule has 1 aromatic carbocycles. The average Bonchev–Trinajstić information content (AvgIpc) is 2.99. The van der Waals surface area contributed by atoms with Gasteiger partial charge in [0.15, 0.2) is 11.8 Å². The maximum atomic E-state index is 4.59. The molecule has 0 unspecified atom stereocenters. The second kappa shape index (κ2) is 10.2. The minimum absolute atomic E-state index is 0.480. The fourth-order valence-corrected chi connectivity index (χ4v) is 2.42. The van der Waals surface area contributed by atoms with Gasteiger partial charge in [0.05, 0.1) is 0 Å². The van der Waals surface area contributed by atoms with Crippen LogP contribution in [0.4, 0.5) is 5.69 Å². The molecule has 1 aromatic heterocycles. The van der Waals surface area contributed by atoms with E-state index < -0.39 is 0 Å². The molecule has 0 amide bonds. The van der Waals surface area contributed by atoms with Crippen LogP contribution < -0.4 is 15.5 Å². The minimum atomic E-state index is 0.480. The van der Waals surface area contributed by atoms with Gasteiger partial charge in [0, 0.05) is 39.4 Å². The molecule has 2 aromatic rings. The molecule has 0 bridgehead atoms. The maximum Gasteiger partial charge on any atom is 0.191 e. The number of guanidine groups is 1. The van der Waals surface area contributed by atoms with Crippen molar-refractivity contribution in [3.05, 3.63) is 54.6 Å². The van der Waals surface area contributed by atoms with Crippen molar-refractivity contribution in [2.45, 2.75) is 19.9 Å². The zero-order valence-corrected chi connectivity index (χ0v) is 15.9. The molecule has 0 saturated carbocycles. The van der Waals surface area contributed by atoms with Crippen molar-refractivity contribution in [1.29, 1.82) is 0 Å². The molecule has 0 radical (unpaired) electrons. The third-order valence-electron chi connectivity index (χ3n) is 4.13. The summed E-state index contributed by atoms with van der Waals surface area (Å²) >= 11 is 0. The Labute approximate surface area is 155 Å². The maximum absolute atomic E-state index is 4.59. The van der Waals surface area contributed by atoms with Crippen LogP contribution in [0.25, 0.3) is 0 Å². The topological polar surface area (TPSA) is 70.4 Å². The van der Waals surface area contributed by atoms with Gasteiger partial charge in [-0.05, 0) is 25.5 Å². The number of aliphatic imine (C=N–C) groups is 1. The van der Waals surface area contributed by atoms with Crippen molar-refractivity contribution >= 4 is 11.6 Å². The van der Waals surface area contributed by atoms with E-state index >= 15 is 0 Å². The Balaban J connectivity index is 1.82. The van der Waals surface area contributed by atoms with Gasteiger partial charge >= 0.3 is 0 Å². The number of aryl methyl sites for hydroxylation is 1. The largest absolute Gasteiger partial charge is 0.375 e. The molecule has 26 heavy (non-hydrogen) atoms. The van der Waals surface area contributed by atoms with Gasteiger partial charge in [-0.15, -0.1) is 16.8 Å². The zero-order chi connectivity index (χ0) is 18.8. The van der Waals surface area contributed by atoms with Gasteiger partial charge in [-0.2, -0.15) is 0 Å². The molecule has 7 nitrogen and oxygen atoms in total. The van der Waals surface area contributed by atoms with Crippen LogP contribution in [0.3, 0.4) is 0 Å². The van der Waals surface area contributed by atoms with Gasteiger partial charge < -0.3 is 20.1 Å². The first-order chi connectivity index (χ1) is 12.6. The third-order valence-corrected chi connectivity index (χ3v) is 4.13. The Bertz CT molecular complexity index is 706. The van der Waals surface area contributed by atoms with Crippen molar-refractivity contribution in [2.75, 3.05) is 31.6 Å². The molecular weight excluding hydrogens is 326 g/mol. The van der Waals surface area contributed by atoms with Crippen molar-refractivity contribution in [3.8, 4) is 0 Å². The molecule has 140 valence electrons. The summed E-state index contributed by atoms with van der Waals surface area (Å²) in [7, 11) is 4.06. The van der Waals surface area contributed by atoms with Crippen molar-refractivity contribution in [2.24, 2.45) is 12.0 Å². The summed E-state index contributed by atoms with van der Waals surface area (Å²) in [6.45, 7) is 8.61. The smallest absolute Gasteiger partial charge is 0.191 e. The lowest BCUT2D eigenvalue weighted by Crippen LogP contribution is -2.38. The molecule has 0 spiro atoms. The van der Waals surface area contributed by atoms with Crippen LogP contribution in [0.1, 0.15) is 18.1 Å². The molecule has 1 heterocycles. The fraction of sp³-hybridized carbons (Fsp3) is 0.421. The number of rotatable bonds is 9. The van der Waals surface area contributed by atoms with Gasteiger partial charge in [-0.25, -0.2) is 4.99 Å². The fourth-order valence-electron chi connectivity index (χ4n) is 2.42. The lowest BCUT2D eigenvalue weighted by atomic mass is 10.3. The summed E-state index contributed by atoms with van der Waals surface area (Å²) in [5.41, 5.74) is 1.23. The summed E-state index contributed by atoms with van der Waals surface area (Å²) in [5, 5.41) is 14.8. The van der Waals surface area contributed by atoms with E-state index in [0.29, 0.717) is 13.1 Å². The molecule has 0 fully saturated rings. The van der Waals surface area contributed by atoms with Crippen molar-refractivity contribution < 1.29 is 0 Å². The first-order valence-electron chi connectivity index (χ1n) is 8.86. The van der Waals surface area contributed by atoms with E-state index in [1.165, 1.54) is 5.69 Å². The molecule has 0 aliphatic heterocycles. The molecule has 0 saturated heterocycles. The molecule has 0 atom stereocenters. The summed E-state index contributed by atoms with van der Waals surface area (Å²) < 4.78 is 1.95. The minimum Gasteiger partial charge on any atom is -0.375 e. The first-order valence-corrected chi connectivity index (χ1v) is 8.86. The molecule has 2 rings (SSSR count). The highest BCUT2D eigenvalue weighted by atomic mass is 15.3. The van der Waals surface area contributed by atoms with Crippen molar-refractivity contribution in [1.82, 2.24) is 25.4 Å². The summed E-state index contributed by atoms with van der Waals surface area (Å²) in [5.74, 6) is 2.48. The van der Waals surface area contributed by atoms with Crippen LogP contribution in [0.2, 0.25) is 0 Å². The van der Waals surface area contributed by atoms with Crippen molar-refractivity contribution in [3.63, 3.8) is 0 Å². The molecule has 7 heteroatoms. The van der Waals surface area contributed by atoms with E-state index in [1.807, 2.05) is 30.7 Å². The lowest BCUT2D eigenvalue weighted by Gasteiger charge is -2.19. The Morgan fingerprint density at radius 3 is 2.69 bits per heavy atom. The number of para-hydroxylation sites is 1. The van der Waals surface area contributed by atoms with Gasteiger partial charge in [-0.3, -0.25) is 0 Å². The second-order valence-corrected chi connectivity index (χ2v) is 6.09. The summed E-state index contributed by atoms with van der Waals surface area (Å²) in [6.07, 6.45) is 2.82. The predicted octanol–water partition coefficient (Wildman–Crippen LogP) is 1.87. The number of aromatic nitrogens is 3. The number of nitrogens with one attached hydrogen (secondary N) is 2. The summed E-state index contributed by atoms with van der Waals surface area (Å²) in [4.78, 5) is 6.84. The van der Waals surface area contributed by atoms with Crippen LogP contribution in [0.5, 0.6) is 0 Å². The average molecular weight is 355 g/mol. The lowest BCUT2D eigenvalue weighted by molar-refractivity contribution is 0.725.